The first-order valence-corrected chi connectivity index (χ1v) is 8.46. The Labute approximate surface area is 147 Å². The van der Waals surface area contributed by atoms with Gasteiger partial charge in [-0.1, -0.05) is 30.3 Å². The number of nitrogens with one attached hydrogen (secondary N) is 2. The quantitative estimate of drug-likeness (QED) is 0.761. The number of benzene rings is 1. The van der Waals surface area contributed by atoms with Crippen LogP contribution in [0.15, 0.2) is 35.1 Å². The van der Waals surface area contributed by atoms with E-state index in [1.807, 2.05) is 24.3 Å². The van der Waals surface area contributed by atoms with Crippen molar-refractivity contribution in [3.63, 3.8) is 0 Å². The summed E-state index contributed by atoms with van der Waals surface area (Å²) >= 11 is 0. The number of nitriles is 1. The van der Waals surface area contributed by atoms with Crippen molar-refractivity contribution in [2.45, 2.75) is 39.5 Å². The lowest BCUT2D eigenvalue weighted by atomic mass is 9.99. The number of H-pyrrole nitrogens is 1. The first kappa shape index (κ1) is 18.5. The third-order valence-electron chi connectivity index (χ3n) is 4.33. The molecule has 0 radical (unpaired) electrons. The Bertz CT molecular complexity index is 833. The average molecular weight is 337 g/mol. The van der Waals surface area contributed by atoms with Gasteiger partial charge in [0.2, 0.25) is 5.91 Å². The monoisotopic (exact) mass is 337 g/mol. The highest BCUT2D eigenvalue weighted by atomic mass is 16.1. The highest BCUT2D eigenvalue weighted by Crippen LogP contribution is 2.14. The molecule has 1 aromatic carbocycles. The van der Waals surface area contributed by atoms with Gasteiger partial charge in [0.15, 0.2) is 0 Å². The lowest BCUT2D eigenvalue weighted by molar-refractivity contribution is -0.121. The Morgan fingerprint density at radius 2 is 1.92 bits per heavy atom. The Balaban J connectivity index is 1.82. The van der Waals surface area contributed by atoms with Crippen LogP contribution in [0.3, 0.4) is 0 Å². The van der Waals surface area contributed by atoms with Crippen molar-refractivity contribution in [2.24, 2.45) is 0 Å². The van der Waals surface area contributed by atoms with Crippen LogP contribution in [0.4, 0.5) is 0 Å². The molecule has 0 aliphatic heterocycles. The molecule has 0 bridgehead atoms. The SMILES string of the molecule is Cc1[nH]c(=O)c(C#N)c(C)c1CCC(=O)NCCCc1ccccc1. The molecule has 0 saturated heterocycles. The van der Waals surface area contributed by atoms with Gasteiger partial charge in [-0.3, -0.25) is 9.59 Å². The third-order valence-corrected chi connectivity index (χ3v) is 4.33. The van der Waals surface area contributed by atoms with E-state index in [9.17, 15) is 9.59 Å². The van der Waals surface area contributed by atoms with E-state index in [1.165, 1.54) is 5.56 Å². The van der Waals surface area contributed by atoms with Crippen LogP contribution in [0.5, 0.6) is 0 Å². The zero-order chi connectivity index (χ0) is 18.2. The van der Waals surface area contributed by atoms with Gasteiger partial charge in [-0.15, -0.1) is 0 Å². The zero-order valence-electron chi connectivity index (χ0n) is 14.7. The lowest BCUT2D eigenvalue weighted by Crippen LogP contribution is -2.25. The topological polar surface area (TPSA) is 85.8 Å². The maximum atomic E-state index is 12.0. The number of rotatable bonds is 7. The normalized spacial score (nSPS) is 10.3. The van der Waals surface area contributed by atoms with Crippen LogP contribution in [0.25, 0.3) is 0 Å². The summed E-state index contributed by atoms with van der Waals surface area (Å²) in [5.41, 5.74) is 3.28. The molecule has 0 aliphatic carbocycles. The molecule has 0 fully saturated rings. The number of aromatic amines is 1. The third kappa shape index (κ3) is 5.05. The van der Waals surface area contributed by atoms with Crippen molar-refractivity contribution in [3.8, 4) is 6.07 Å². The zero-order valence-corrected chi connectivity index (χ0v) is 14.7. The van der Waals surface area contributed by atoms with Gasteiger partial charge in [0, 0.05) is 18.7 Å². The van der Waals surface area contributed by atoms with Gasteiger partial charge in [-0.05, 0) is 49.8 Å². The van der Waals surface area contributed by atoms with Crippen molar-refractivity contribution in [3.05, 3.63) is 68.6 Å². The van der Waals surface area contributed by atoms with Gasteiger partial charge in [-0.25, -0.2) is 0 Å². The molecule has 0 spiro atoms. The van der Waals surface area contributed by atoms with E-state index >= 15 is 0 Å². The van der Waals surface area contributed by atoms with Crippen LogP contribution in [0.1, 0.15) is 40.8 Å². The predicted molar refractivity (Wildman–Crippen MR) is 97.3 cm³/mol. The molecule has 25 heavy (non-hydrogen) atoms. The Kier molecular flexibility index (Phi) is 6.53. The van der Waals surface area contributed by atoms with Crippen molar-refractivity contribution in [1.82, 2.24) is 10.3 Å². The molecule has 130 valence electrons. The number of aromatic nitrogens is 1. The van der Waals surface area contributed by atoms with Crippen LogP contribution in [0, 0.1) is 25.2 Å². The van der Waals surface area contributed by atoms with E-state index < -0.39 is 0 Å². The minimum Gasteiger partial charge on any atom is -0.356 e. The van der Waals surface area contributed by atoms with Gasteiger partial charge >= 0.3 is 0 Å². The van der Waals surface area contributed by atoms with E-state index in [4.69, 9.17) is 5.26 Å². The summed E-state index contributed by atoms with van der Waals surface area (Å²) < 4.78 is 0. The molecular formula is C20H23N3O2. The molecule has 0 saturated carbocycles. The number of hydrogen-bond acceptors (Lipinski definition) is 3. The smallest absolute Gasteiger partial charge is 0.266 e. The summed E-state index contributed by atoms with van der Waals surface area (Å²) in [5, 5.41) is 12.0. The second-order valence-electron chi connectivity index (χ2n) is 6.11. The summed E-state index contributed by atoms with van der Waals surface area (Å²) in [6, 6.07) is 12.1. The minimum atomic E-state index is -0.369. The molecule has 2 N–H and O–H groups in total. The van der Waals surface area contributed by atoms with E-state index in [-0.39, 0.29) is 17.0 Å². The van der Waals surface area contributed by atoms with Crippen LogP contribution < -0.4 is 10.9 Å². The fourth-order valence-electron chi connectivity index (χ4n) is 2.91. The average Bonchev–Trinajstić information content (AvgIpc) is 2.59. The summed E-state index contributed by atoms with van der Waals surface area (Å²) in [6.45, 7) is 4.19. The molecule has 0 atom stereocenters. The van der Waals surface area contributed by atoms with Gasteiger partial charge in [0.05, 0.1) is 0 Å². The number of nitrogens with zero attached hydrogens (tertiary/aromatic N) is 1. The van der Waals surface area contributed by atoms with E-state index in [0.29, 0.717) is 24.9 Å². The number of amides is 1. The fraction of sp³-hybridized carbons (Fsp3) is 0.350. The van der Waals surface area contributed by atoms with Crippen LogP contribution in [0.2, 0.25) is 0 Å². The Hall–Kier alpha value is -2.87. The molecule has 5 nitrogen and oxygen atoms in total. The second-order valence-corrected chi connectivity index (χ2v) is 6.11. The van der Waals surface area contributed by atoms with E-state index in [0.717, 1.165) is 24.1 Å². The second kappa shape index (κ2) is 8.84. The Morgan fingerprint density at radius 1 is 1.20 bits per heavy atom. The van der Waals surface area contributed by atoms with Gasteiger partial charge in [0.1, 0.15) is 11.6 Å². The van der Waals surface area contributed by atoms with Gasteiger partial charge in [-0.2, -0.15) is 5.26 Å². The molecule has 0 unspecified atom stereocenters. The number of carbonyl (C=O) groups is 1. The van der Waals surface area contributed by atoms with Crippen molar-refractivity contribution < 1.29 is 4.79 Å². The summed E-state index contributed by atoms with van der Waals surface area (Å²) in [7, 11) is 0. The number of carbonyl (C=O) groups excluding carboxylic acids is 1. The molecule has 0 aliphatic rings. The molecule has 1 heterocycles. The lowest BCUT2D eigenvalue weighted by Gasteiger charge is -2.11. The summed E-state index contributed by atoms with van der Waals surface area (Å²) in [6.07, 6.45) is 2.67. The molecule has 1 aromatic heterocycles. The molecular weight excluding hydrogens is 314 g/mol. The number of hydrogen-bond donors (Lipinski definition) is 2. The first-order valence-electron chi connectivity index (χ1n) is 8.46. The van der Waals surface area contributed by atoms with E-state index in [2.05, 4.69) is 22.4 Å². The maximum absolute atomic E-state index is 12.0. The van der Waals surface area contributed by atoms with Crippen molar-refractivity contribution in [1.29, 1.82) is 5.26 Å². The highest BCUT2D eigenvalue weighted by Gasteiger charge is 2.13. The van der Waals surface area contributed by atoms with Crippen LogP contribution in [-0.2, 0) is 17.6 Å². The van der Waals surface area contributed by atoms with Crippen LogP contribution in [-0.4, -0.2) is 17.4 Å². The maximum Gasteiger partial charge on any atom is 0.266 e. The van der Waals surface area contributed by atoms with Gasteiger partial charge < -0.3 is 10.3 Å². The predicted octanol–water partition coefficient (Wildman–Crippen LogP) is 2.55. The number of pyridine rings is 1. The standard InChI is InChI=1S/C20H23N3O2/c1-14-17(15(2)23-20(25)18(14)13-21)10-11-19(24)22-12-6-9-16-7-4-3-5-8-16/h3-5,7-8H,6,9-12H2,1-2H3,(H,22,24)(H,23,25). The molecule has 2 aromatic rings. The largest absolute Gasteiger partial charge is 0.356 e. The fourth-order valence-corrected chi connectivity index (χ4v) is 2.91. The molecule has 2 rings (SSSR count). The van der Waals surface area contributed by atoms with Crippen molar-refractivity contribution >= 4 is 5.91 Å². The van der Waals surface area contributed by atoms with Gasteiger partial charge in [0.25, 0.3) is 5.56 Å². The Morgan fingerprint density at radius 3 is 2.60 bits per heavy atom. The van der Waals surface area contributed by atoms with Crippen molar-refractivity contribution in [2.75, 3.05) is 6.54 Å². The van der Waals surface area contributed by atoms with Crippen LogP contribution >= 0.6 is 0 Å². The molecule has 1 amide bonds. The number of aryl methyl sites for hydroxylation is 2. The summed E-state index contributed by atoms with van der Waals surface area (Å²) in [4.78, 5) is 26.4. The minimum absolute atomic E-state index is 0.0171. The summed E-state index contributed by atoms with van der Waals surface area (Å²) in [5.74, 6) is -0.0171. The molecule has 5 heteroatoms. The highest BCUT2D eigenvalue weighted by molar-refractivity contribution is 5.76. The van der Waals surface area contributed by atoms with E-state index in [1.54, 1.807) is 13.8 Å². The first-order chi connectivity index (χ1) is 12.0.